The number of hydrogen-bond donors (Lipinski definition) is 0. The zero-order valence-corrected chi connectivity index (χ0v) is 11.6. The van der Waals surface area contributed by atoms with E-state index in [1.807, 2.05) is 42.5 Å². The van der Waals surface area contributed by atoms with Crippen LogP contribution in [-0.4, -0.2) is 9.46 Å². The molecule has 1 nitrogen and oxygen atoms in total. The number of halogens is 2. The van der Waals surface area contributed by atoms with Gasteiger partial charge in [0.15, 0.2) is 0 Å². The van der Waals surface area contributed by atoms with Crippen LogP contribution < -0.4 is 0 Å². The third-order valence-corrected chi connectivity index (χ3v) is 4.07. The Bertz CT molecular complexity index is 620. The number of carbonyl (C=O) groups is 1. The van der Waals surface area contributed by atoms with Gasteiger partial charge >= 0.3 is 0 Å². The molecule has 3 rings (SSSR count). The zero-order valence-electron chi connectivity index (χ0n) is 9.49. The summed E-state index contributed by atoms with van der Waals surface area (Å²) in [5.74, 6) is -0.405. The largest absolute Gasteiger partial charge is 0.290 e. The van der Waals surface area contributed by atoms with Gasteiger partial charge in [0.1, 0.15) is 0 Å². The molecule has 2 aromatic rings. The third kappa shape index (κ3) is 1.86. The molecular weight excluding hydrogens is 342 g/mol. The quantitative estimate of drug-likeness (QED) is 0.556. The zero-order chi connectivity index (χ0) is 12.8. The summed E-state index contributed by atoms with van der Waals surface area (Å²) in [6.45, 7) is 0. The lowest BCUT2D eigenvalue weighted by Crippen LogP contribution is -2.21. The van der Waals surface area contributed by atoms with Crippen molar-refractivity contribution in [1.29, 1.82) is 0 Å². The summed E-state index contributed by atoms with van der Waals surface area (Å²) in [7, 11) is 0. The minimum Gasteiger partial charge on any atom is -0.290 e. The van der Waals surface area contributed by atoms with Gasteiger partial charge in [0, 0.05) is 12.0 Å². The lowest BCUT2D eigenvalue weighted by molar-refractivity contribution is 0.0882. The van der Waals surface area contributed by atoms with Crippen LogP contribution in [0.3, 0.4) is 0 Å². The molecule has 2 aromatic carbocycles. The van der Waals surface area contributed by atoms with Gasteiger partial charge in [-0.05, 0) is 39.3 Å². The summed E-state index contributed by atoms with van der Waals surface area (Å²) >= 11 is 1.60. The first-order chi connectivity index (χ1) is 8.58. The number of ketones is 1. The Morgan fingerprint density at radius 3 is 2.50 bits per heavy atom. The first-order valence-corrected chi connectivity index (χ1v) is 6.77. The van der Waals surface area contributed by atoms with E-state index < -0.39 is 9.46 Å². The van der Waals surface area contributed by atoms with Gasteiger partial charge < -0.3 is 0 Å². The Hall–Kier alpha value is -1.23. The van der Waals surface area contributed by atoms with Crippen LogP contribution in [0.25, 0.3) is 11.1 Å². The molecule has 1 unspecified atom stereocenters. The lowest BCUT2D eigenvalue weighted by atomic mass is 10.0. The van der Waals surface area contributed by atoms with Gasteiger partial charge in [-0.3, -0.25) is 4.79 Å². The number of alkyl halides is 2. The van der Waals surface area contributed by atoms with E-state index in [9.17, 15) is 9.18 Å². The second kappa shape index (κ2) is 4.16. The maximum absolute atomic E-state index is 14.0. The van der Waals surface area contributed by atoms with Crippen molar-refractivity contribution < 1.29 is 9.18 Å². The van der Waals surface area contributed by atoms with Gasteiger partial charge in [0.05, 0.1) is 0 Å². The fourth-order valence-electron chi connectivity index (χ4n) is 2.29. The van der Waals surface area contributed by atoms with Gasteiger partial charge in [0.25, 0.3) is 0 Å². The van der Waals surface area contributed by atoms with Crippen molar-refractivity contribution in [2.75, 3.05) is 0 Å². The molecule has 0 aromatic heterocycles. The molecule has 1 atom stereocenters. The smallest absolute Gasteiger partial charge is 0.227 e. The summed E-state index contributed by atoms with van der Waals surface area (Å²) in [6.07, 6.45) is 0.169. The molecule has 0 saturated carbocycles. The Morgan fingerprint density at radius 1 is 1.06 bits per heavy atom. The minimum absolute atomic E-state index is 0.169. The van der Waals surface area contributed by atoms with Crippen molar-refractivity contribution in [1.82, 2.24) is 0 Å². The SMILES string of the molecule is O=C1c2ccc(-c3ccccc3)cc2CC1(F)I. The summed E-state index contributed by atoms with van der Waals surface area (Å²) in [5.41, 5.74) is 3.43. The topological polar surface area (TPSA) is 17.1 Å². The number of benzene rings is 2. The number of carbonyl (C=O) groups excluding carboxylic acids is 1. The monoisotopic (exact) mass is 352 g/mol. The maximum atomic E-state index is 14.0. The molecule has 0 radical (unpaired) electrons. The number of fused-ring (bicyclic) bond motifs is 1. The fourth-order valence-corrected chi connectivity index (χ4v) is 2.99. The van der Waals surface area contributed by atoms with E-state index in [4.69, 9.17) is 0 Å². The minimum atomic E-state index is -1.77. The van der Waals surface area contributed by atoms with Crippen LogP contribution in [0, 0.1) is 0 Å². The highest BCUT2D eigenvalue weighted by Gasteiger charge is 2.43. The Morgan fingerprint density at radius 2 is 1.78 bits per heavy atom. The van der Waals surface area contributed by atoms with Crippen LogP contribution >= 0.6 is 22.6 Å². The molecule has 1 aliphatic carbocycles. The van der Waals surface area contributed by atoms with Crippen molar-refractivity contribution >= 4 is 28.4 Å². The predicted octanol–water partition coefficient (Wildman–Crippen LogP) is 4.19. The molecule has 0 heterocycles. The predicted molar refractivity (Wildman–Crippen MR) is 77.8 cm³/mol. The molecule has 18 heavy (non-hydrogen) atoms. The van der Waals surface area contributed by atoms with Crippen LogP contribution in [0.4, 0.5) is 4.39 Å². The maximum Gasteiger partial charge on any atom is 0.227 e. The molecule has 0 aliphatic heterocycles. The Labute approximate surface area is 118 Å². The summed E-state index contributed by atoms with van der Waals surface area (Å²) in [5, 5.41) is 0. The number of Topliss-reactive ketones (excluding diaryl/α,β-unsaturated/α-hetero) is 1. The van der Waals surface area contributed by atoms with Crippen LogP contribution in [-0.2, 0) is 6.42 Å². The van der Waals surface area contributed by atoms with Crippen LogP contribution in [0.5, 0.6) is 0 Å². The Kier molecular flexibility index (Phi) is 2.73. The van der Waals surface area contributed by atoms with E-state index in [2.05, 4.69) is 0 Å². The van der Waals surface area contributed by atoms with E-state index in [1.54, 1.807) is 28.7 Å². The van der Waals surface area contributed by atoms with E-state index in [1.165, 1.54) is 0 Å². The fraction of sp³-hybridized carbons (Fsp3) is 0.133. The summed E-state index contributed by atoms with van der Waals surface area (Å²) in [4.78, 5) is 11.8. The Balaban J connectivity index is 2.08. The number of rotatable bonds is 1. The van der Waals surface area contributed by atoms with E-state index in [-0.39, 0.29) is 6.42 Å². The highest BCUT2D eigenvalue weighted by Crippen LogP contribution is 2.39. The van der Waals surface area contributed by atoms with Gasteiger partial charge in [-0.2, -0.15) is 0 Å². The van der Waals surface area contributed by atoms with Gasteiger partial charge in [-0.1, -0.05) is 48.5 Å². The van der Waals surface area contributed by atoms with Crippen molar-refractivity contribution in [3.8, 4) is 11.1 Å². The molecule has 0 bridgehead atoms. The van der Waals surface area contributed by atoms with Crippen molar-refractivity contribution in [2.45, 2.75) is 10.1 Å². The molecular formula is C15H10FIO. The first kappa shape index (κ1) is 11.8. The first-order valence-electron chi connectivity index (χ1n) is 5.69. The van der Waals surface area contributed by atoms with Gasteiger partial charge in [-0.15, -0.1) is 0 Å². The second-order valence-electron chi connectivity index (χ2n) is 4.45. The lowest BCUT2D eigenvalue weighted by Gasteiger charge is -2.05. The molecule has 1 aliphatic rings. The molecule has 0 fully saturated rings. The standard InChI is InChI=1S/C15H10FIO/c16-15(17)9-12-8-11(6-7-13(12)14(15)18)10-4-2-1-3-5-10/h1-8H,9H2. The van der Waals surface area contributed by atoms with Crippen molar-refractivity contribution in [3.63, 3.8) is 0 Å². The van der Waals surface area contributed by atoms with Crippen molar-refractivity contribution in [3.05, 3.63) is 59.7 Å². The van der Waals surface area contributed by atoms with Crippen LogP contribution in [0.2, 0.25) is 0 Å². The van der Waals surface area contributed by atoms with E-state index in [0.717, 1.165) is 16.7 Å². The average Bonchev–Trinajstić information content (AvgIpc) is 2.60. The van der Waals surface area contributed by atoms with Crippen molar-refractivity contribution in [2.24, 2.45) is 0 Å². The summed E-state index contributed by atoms with van der Waals surface area (Å²) < 4.78 is 12.2. The second-order valence-corrected chi connectivity index (χ2v) is 6.16. The van der Waals surface area contributed by atoms with Gasteiger partial charge in [-0.25, -0.2) is 4.39 Å². The van der Waals surface area contributed by atoms with Crippen LogP contribution in [0.1, 0.15) is 15.9 Å². The highest BCUT2D eigenvalue weighted by molar-refractivity contribution is 14.1. The highest BCUT2D eigenvalue weighted by atomic mass is 127. The normalized spacial score (nSPS) is 22.0. The molecule has 0 N–H and O–H groups in total. The van der Waals surface area contributed by atoms with Gasteiger partial charge in [0.2, 0.25) is 9.46 Å². The molecule has 0 amide bonds. The summed E-state index contributed by atoms with van der Waals surface area (Å²) in [6, 6.07) is 15.4. The van der Waals surface area contributed by atoms with E-state index in [0.29, 0.717) is 5.56 Å². The molecule has 3 heteroatoms. The average molecular weight is 352 g/mol. The number of hydrogen-bond acceptors (Lipinski definition) is 1. The molecule has 0 saturated heterocycles. The molecule has 90 valence electrons. The van der Waals surface area contributed by atoms with E-state index >= 15 is 0 Å². The van der Waals surface area contributed by atoms with Crippen LogP contribution in [0.15, 0.2) is 48.5 Å². The molecule has 0 spiro atoms. The third-order valence-electron chi connectivity index (χ3n) is 3.20.